The second kappa shape index (κ2) is 5.15. The highest BCUT2D eigenvalue weighted by Gasteiger charge is 2.18. The lowest BCUT2D eigenvalue weighted by atomic mass is 9.98. The van der Waals surface area contributed by atoms with Crippen molar-refractivity contribution in [1.29, 1.82) is 0 Å². The minimum Gasteiger partial charge on any atom is -0.495 e. The molecule has 0 aromatic heterocycles. The van der Waals surface area contributed by atoms with Crippen molar-refractivity contribution in [2.24, 2.45) is 5.92 Å². The van der Waals surface area contributed by atoms with Gasteiger partial charge in [-0.3, -0.25) is 0 Å². The molecule has 1 aromatic rings. The molecule has 4 heteroatoms. The largest absolute Gasteiger partial charge is 0.495 e. The minimum absolute atomic E-state index is 0.214. The third-order valence-electron chi connectivity index (χ3n) is 2.96. The molecule has 0 aliphatic carbocycles. The molecule has 0 saturated carbocycles. The summed E-state index contributed by atoms with van der Waals surface area (Å²) in [6, 6.07) is 3.01. The van der Waals surface area contributed by atoms with E-state index < -0.39 is 0 Å². The predicted molar refractivity (Wildman–Crippen MR) is 65.3 cm³/mol. The summed E-state index contributed by atoms with van der Waals surface area (Å²) in [7, 11) is 1.62. The number of methoxy groups -OCH3 is 1. The number of ether oxygens (including phenoxy) is 1. The van der Waals surface area contributed by atoms with Gasteiger partial charge in [-0.05, 0) is 65.5 Å². The fourth-order valence-corrected chi connectivity index (χ4v) is 2.83. The monoisotopic (exact) mass is 287 g/mol. The maximum absolute atomic E-state index is 13.3. The van der Waals surface area contributed by atoms with Gasteiger partial charge in [0.05, 0.1) is 11.6 Å². The summed E-state index contributed by atoms with van der Waals surface area (Å²) in [4.78, 5) is 0. The first kappa shape index (κ1) is 11.9. The molecule has 1 saturated heterocycles. The number of benzene rings is 1. The molecule has 1 aliphatic rings. The van der Waals surface area contributed by atoms with Gasteiger partial charge in [-0.15, -0.1) is 0 Å². The molecule has 16 heavy (non-hydrogen) atoms. The molecule has 2 rings (SSSR count). The summed E-state index contributed by atoms with van der Waals surface area (Å²) in [6.07, 6.45) is 2.02. The molecule has 1 fully saturated rings. The van der Waals surface area contributed by atoms with Gasteiger partial charge in [0, 0.05) is 0 Å². The minimum atomic E-state index is -0.214. The Morgan fingerprint density at radius 3 is 3.00 bits per heavy atom. The molecule has 1 aromatic carbocycles. The summed E-state index contributed by atoms with van der Waals surface area (Å²) in [5.41, 5.74) is 0.947. The summed E-state index contributed by atoms with van der Waals surface area (Å²) >= 11 is 3.33. The number of hydrogen-bond acceptors (Lipinski definition) is 2. The lowest BCUT2D eigenvalue weighted by Crippen LogP contribution is -2.11. The molecule has 1 N–H and O–H groups in total. The number of rotatable bonds is 3. The quantitative estimate of drug-likeness (QED) is 0.923. The summed E-state index contributed by atoms with van der Waals surface area (Å²) in [5, 5.41) is 3.31. The van der Waals surface area contributed by atoms with Crippen molar-refractivity contribution in [2.45, 2.75) is 12.8 Å². The molecule has 2 nitrogen and oxygen atoms in total. The molecule has 1 atom stereocenters. The number of hydrogen-bond donors (Lipinski definition) is 1. The van der Waals surface area contributed by atoms with Crippen molar-refractivity contribution < 1.29 is 9.13 Å². The van der Waals surface area contributed by atoms with E-state index in [0.717, 1.165) is 37.2 Å². The van der Waals surface area contributed by atoms with E-state index in [1.165, 1.54) is 6.07 Å². The van der Waals surface area contributed by atoms with Crippen LogP contribution in [0.3, 0.4) is 0 Å². The Morgan fingerprint density at radius 1 is 1.56 bits per heavy atom. The van der Waals surface area contributed by atoms with Crippen molar-refractivity contribution in [2.75, 3.05) is 20.2 Å². The Balaban J connectivity index is 2.23. The van der Waals surface area contributed by atoms with E-state index in [1.807, 2.05) is 0 Å². The molecule has 0 amide bonds. The van der Waals surface area contributed by atoms with Gasteiger partial charge in [0.15, 0.2) is 0 Å². The van der Waals surface area contributed by atoms with E-state index in [1.54, 1.807) is 13.2 Å². The first-order chi connectivity index (χ1) is 7.70. The highest BCUT2D eigenvalue weighted by Crippen LogP contribution is 2.32. The average Bonchev–Trinajstić information content (AvgIpc) is 2.70. The molecule has 1 unspecified atom stereocenters. The first-order valence-electron chi connectivity index (χ1n) is 5.43. The zero-order chi connectivity index (χ0) is 11.5. The second-order valence-electron chi connectivity index (χ2n) is 4.14. The normalized spacial score (nSPS) is 20.1. The summed E-state index contributed by atoms with van der Waals surface area (Å²) < 4.78 is 19.3. The molecule has 0 spiro atoms. The third-order valence-corrected chi connectivity index (χ3v) is 3.55. The van der Waals surface area contributed by atoms with Crippen LogP contribution in [-0.2, 0) is 6.42 Å². The Morgan fingerprint density at radius 2 is 2.38 bits per heavy atom. The van der Waals surface area contributed by atoms with E-state index in [2.05, 4.69) is 21.2 Å². The van der Waals surface area contributed by atoms with Gasteiger partial charge >= 0.3 is 0 Å². The fraction of sp³-hybridized carbons (Fsp3) is 0.500. The van der Waals surface area contributed by atoms with Gasteiger partial charge in [-0.2, -0.15) is 0 Å². The zero-order valence-electron chi connectivity index (χ0n) is 9.22. The standard InChI is InChI=1S/C12H15BrFNO/c1-16-12-9(4-8-2-3-15-7-8)5-10(14)6-11(12)13/h5-6,8,15H,2-4,7H2,1H3. The van der Waals surface area contributed by atoms with E-state index in [-0.39, 0.29) is 5.82 Å². The molecule has 1 heterocycles. The highest BCUT2D eigenvalue weighted by atomic mass is 79.9. The van der Waals surface area contributed by atoms with Gasteiger partial charge in [-0.1, -0.05) is 0 Å². The zero-order valence-corrected chi connectivity index (χ0v) is 10.8. The van der Waals surface area contributed by atoms with Crippen LogP contribution in [0, 0.1) is 11.7 Å². The number of halogens is 2. The van der Waals surface area contributed by atoms with Crippen molar-refractivity contribution in [3.8, 4) is 5.75 Å². The third kappa shape index (κ3) is 2.55. The maximum Gasteiger partial charge on any atom is 0.136 e. The molecular formula is C12H15BrFNO. The second-order valence-corrected chi connectivity index (χ2v) is 5.00. The van der Waals surface area contributed by atoms with Crippen LogP contribution in [0.5, 0.6) is 5.75 Å². The SMILES string of the molecule is COc1c(Br)cc(F)cc1CC1CCNC1. The van der Waals surface area contributed by atoms with Crippen LogP contribution >= 0.6 is 15.9 Å². The Labute approximate surface area is 103 Å². The van der Waals surface area contributed by atoms with E-state index in [4.69, 9.17) is 4.74 Å². The number of nitrogens with one attached hydrogen (secondary N) is 1. The van der Waals surface area contributed by atoms with Gasteiger partial charge in [0.2, 0.25) is 0 Å². The molecule has 88 valence electrons. The van der Waals surface area contributed by atoms with Crippen molar-refractivity contribution in [3.05, 3.63) is 28.0 Å². The van der Waals surface area contributed by atoms with Gasteiger partial charge in [0.25, 0.3) is 0 Å². The Kier molecular flexibility index (Phi) is 3.82. The maximum atomic E-state index is 13.3. The van der Waals surface area contributed by atoms with Crippen LogP contribution in [0.25, 0.3) is 0 Å². The van der Waals surface area contributed by atoms with Crippen LogP contribution in [0.15, 0.2) is 16.6 Å². The lowest BCUT2D eigenvalue weighted by molar-refractivity contribution is 0.401. The van der Waals surface area contributed by atoms with E-state index in [9.17, 15) is 4.39 Å². The lowest BCUT2D eigenvalue weighted by Gasteiger charge is -2.14. The topological polar surface area (TPSA) is 21.3 Å². The first-order valence-corrected chi connectivity index (χ1v) is 6.22. The van der Waals surface area contributed by atoms with Gasteiger partial charge in [0.1, 0.15) is 11.6 Å². The van der Waals surface area contributed by atoms with Crippen LogP contribution in [0.4, 0.5) is 4.39 Å². The van der Waals surface area contributed by atoms with Crippen LogP contribution in [0.2, 0.25) is 0 Å². The molecule has 0 bridgehead atoms. The van der Waals surface area contributed by atoms with Crippen molar-refractivity contribution >= 4 is 15.9 Å². The molecule has 0 radical (unpaired) electrons. The average molecular weight is 288 g/mol. The van der Waals surface area contributed by atoms with Crippen molar-refractivity contribution in [3.63, 3.8) is 0 Å². The van der Waals surface area contributed by atoms with E-state index in [0.29, 0.717) is 10.4 Å². The predicted octanol–water partition coefficient (Wildman–Crippen LogP) is 2.75. The highest BCUT2D eigenvalue weighted by molar-refractivity contribution is 9.10. The molecular weight excluding hydrogens is 273 g/mol. The Bertz CT molecular complexity index is 378. The van der Waals surface area contributed by atoms with Crippen LogP contribution in [0.1, 0.15) is 12.0 Å². The Hall–Kier alpha value is -0.610. The van der Waals surface area contributed by atoms with Crippen molar-refractivity contribution in [1.82, 2.24) is 5.32 Å². The fourth-order valence-electron chi connectivity index (χ4n) is 2.19. The van der Waals surface area contributed by atoms with Gasteiger partial charge < -0.3 is 10.1 Å². The summed E-state index contributed by atoms with van der Waals surface area (Å²) in [6.45, 7) is 2.07. The van der Waals surface area contributed by atoms with Gasteiger partial charge in [-0.25, -0.2) is 4.39 Å². The van der Waals surface area contributed by atoms with Crippen LogP contribution < -0.4 is 10.1 Å². The van der Waals surface area contributed by atoms with Crippen LogP contribution in [-0.4, -0.2) is 20.2 Å². The smallest absolute Gasteiger partial charge is 0.136 e. The molecule has 1 aliphatic heterocycles. The summed E-state index contributed by atoms with van der Waals surface area (Å²) in [5.74, 6) is 1.13. The van der Waals surface area contributed by atoms with E-state index >= 15 is 0 Å².